The fraction of sp³-hybridized carbons (Fsp3) is 0.800. The molecule has 0 saturated carbocycles. The van der Waals surface area contributed by atoms with Gasteiger partial charge in [-0.05, 0) is 6.42 Å². The highest BCUT2D eigenvalue weighted by atomic mass is 16.5. The number of aliphatic hydroxyl groups is 1. The standard InChI is InChI=1S/C5H10O3/c1-8-5(7)3-2-4-6/h6H,2-4H2,1H3/i3D2,4D. The first-order chi connectivity index (χ1) is 4.90. The van der Waals surface area contributed by atoms with Crippen LogP contribution < -0.4 is 0 Å². The number of methoxy groups -OCH3 is 1. The van der Waals surface area contributed by atoms with Crippen LogP contribution in [0.1, 0.15) is 16.9 Å². The molecule has 0 spiro atoms. The third-order valence-corrected chi connectivity index (χ3v) is 0.523. The number of aliphatic hydroxyl groups excluding tert-OH is 1. The van der Waals surface area contributed by atoms with Crippen molar-refractivity contribution in [2.45, 2.75) is 12.8 Å². The van der Waals surface area contributed by atoms with Gasteiger partial charge in [0.2, 0.25) is 0 Å². The predicted molar refractivity (Wildman–Crippen MR) is 28.3 cm³/mol. The Labute approximate surface area is 52.5 Å². The fourth-order valence-corrected chi connectivity index (χ4v) is 0.201. The molecule has 0 fully saturated rings. The minimum absolute atomic E-state index is 0.570. The number of hydrogen-bond donors (Lipinski definition) is 1. The molecule has 0 aromatic carbocycles. The summed E-state index contributed by atoms with van der Waals surface area (Å²) in [6.45, 7) is -1.59. The van der Waals surface area contributed by atoms with Crippen LogP contribution in [-0.2, 0) is 9.53 Å². The Balaban J connectivity index is 4.09. The van der Waals surface area contributed by atoms with E-state index in [0.29, 0.717) is 0 Å². The molecule has 0 heterocycles. The number of rotatable bonds is 3. The Morgan fingerprint density at radius 2 is 2.62 bits per heavy atom. The Morgan fingerprint density at radius 1 is 2.00 bits per heavy atom. The van der Waals surface area contributed by atoms with Gasteiger partial charge < -0.3 is 9.84 Å². The highest BCUT2D eigenvalue weighted by molar-refractivity contribution is 5.68. The number of hydrogen-bond acceptors (Lipinski definition) is 3. The van der Waals surface area contributed by atoms with Crippen LogP contribution in [0.5, 0.6) is 0 Å². The lowest BCUT2D eigenvalue weighted by Gasteiger charge is -1.93. The third-order valence-electron chi connectivity index (χ3n) is 0.523. The summed E-state index contributed by atoms with van der Waals surface area (Å²) in [5.41, 5.74) is 0. The van der Waals surface area contributed by atoms with E-state index < -0.39 is 25.3 Å². The first kappa shape index (κ1) is 3.45. The van der Waals surface area contributed by atoms with E-state index in [1.165, 1.54) is 0 Å². The van der Waals surface area contributed by atoms with E-state index in [-0.39, 0.29) is 0 Å². The van der Waals surface area contributed by atoms with Crippen LogP contribution >= 0.6 is 0 Å². The van der Waals surface area contributed by atoms with E-state index in [0.717, 1.165) is 7.11 Å². The molecular formula is C5H10O3. The van der Waals surface area contributed by atoms with E-state index >= 15 is 0 Å². The monoisotopic (exact) mass is 121 g/mol. The SMILES string of the molecule is [2H]C(O)CC([2H])([2H])C(=O)OC. The molecule has 48 valence electrons. The van der Waals surface area contributed by atoms with Crippen molar-refractivity contribution in [3.05, 3.63) is 0 Å². The maximum Gasteiger partial charge on any atom is 0.305 e. The van der Waals surface area contributed by atoms with Gasteiger partial charge in [0, 0.05) is 15.7 Å². The van der Waals surface area contributed by atoms with Crippen molar-refractivity contribution in [1.82, 2.24) is 0 Å². The number of ether oxygens (including phenoxy) is 1. The van der Waals surface area contributed by atoms with Crippen LogP contribution in [0, 0.1) is 0 Å². The molecule has 0 saturated heterocycles. The van der Waals surface area contributed by atoms with Crippen molar-refractivity contribution in [3.8, 4) is 0 Å². The summed E-state index contributed by atoms with van der Waals surface area (Å²) < 4.78 is 24.7. The van der Waals surface area contributed by atoms with Crippen molar-refractivity contribution >= 4 is 5.97 Å². The summed E-state index contributed by atoms with van der Waals surface area (Å²) in [6, 6.07) is 0. The average molecular weight is 121 g/mol. The predicted octanol–water partition coefficient (Wildman–Crippen LogP) is -0.0681. The summed E-state index contributed by atoms with van der Waals surface area (Å²) in [6.07, 6.45) is -2.84. The molecule has 0 aliphatic heterocycles. The van der Waals surface area contributed by atoms with Gasteiger partial charge in [0.1, 0.15) is 0 Å². The van der Waals surface area contributed by atoms with Crippen LogP contribution in [0.4, 0.5) is 0 Å². The van der Waals surface area contributed by atoms with E-state index in [2.05, 4.69) is 4.74 Å². The Bertz CT molecular complexity index is 146. The van der Waals surface area contributed by atoms with Gasteiger partial charge in [-0.25, -0.2) is 0 Å². The Kier molecular flexibility index (Phi) is 1.98. The lowest BCUT2D eigenvalue weighted by molar-refractivity contribution is -0.140. The molecule has 0 aromatic heterocycles. The van der Waals surface area contributed by atoms with Gasteiger partial charge in [0.15, 0.2) is 0 Å². The van der Waals surface area contributed by atoms with Crippen molar-refractivity contribution in [3.63, 3.8) is 0 Å². The molecule has 1 N–H and O–H groups in total. The van der Waals surface area contributed by atoms with Gasteiger partial charge in [-0.15, -0.1) is 0 Å². The Morgan fingerprint density at radius 3 is 3.00 bits per heavy atom. The third kappa shape index (κ3) is 3.61. The van der Waals surface area contributed by atoms with Crippen LogP contribution in [0.25, 0.3) is 0 Å². The minimum Gasteiger partial charge on any atom is -0.469 e. The van der Waals surface area contributed by atoms with Crippen molar-refractivity contribution < 1.29 is 18.8 Å². The topological polar surface area (TPSA) is 46.5 Å². The molecule has 8 heavy (non-hydrogen) atoms. The van der Waals surface area contributed by atoms with Crippen molar-refractivity contribution in [2.24, 2.45) is 0 Å². The zero-order valence-electron chi connectivity index (χ0n) is 7.55. The molecule has 0 aromatic rings. The second-order valence-corrected chi connectivity index (χ2v) is 1.06. The zero-order valence-corrected chi connectivity index (χ0v) is 4.55. The smallest absolute Gasteiger partial charge is 0.305 e. The summed E-state index contributed by atoms with van der Waals surface area (Å²) in [5, 5.41) is 8.45. The van der Waals surface area contributed by atoms with E-state index in [4.69, 9.17) is 9.22 Å². The van der Waals surface area contributed by atoms with Gasteiger partial charge in [-0.1, -0.05) is 0 Å². The van der Waals surface area contributed by atoms with Crippen LogP contribution in [-0.4, -0.2) is 24.8 Å². The van der Waals surface area contributed by atoms with E-state index in [9.17, 15) is 4.79 Å². The second-order valence-electron chi connectivity index (χ2n) is 1.06. The van der Waals surface area contributed by atoms with E-state index in [1.807, 2.05) is 0 Å². The first-order valence-electron chi connectivity index (χ1n) is 3.66. The maximum atomic E-state index is 10.6. The molecule has 0 rings (SSSR count). The van der Waals surface area contributed by atoms with Crippen LogP contribution in [0.3, 0.4) is 0 Å². The quantitative estimate of drug-likeness (QED) is 0.532. The van der Waals surface area contributed by atoms with Gasteiger partial charge in [0.25, 0.3) is 0 Å². The van der Waals surface area contributed by atoms with Gasteiger partial charge in [0.05, 0.1) is 8.48 Å². The molecule has 0 aliphatic carbocycles. The molecule has 0 bridgehead atoms. The molecule has 1 atom stereocenters. The molecular weight excluding hydrogens is 108 g/mol. The zero-order chi connectivity index (χ0) is 9.07. The van der Waals surface area contributed by atoms with Crippen LogP contribution in [0.2, 0.25) is 0 Å². The molecule has 0 radical (unpaired) electrons. The highest BCUT2D eigenvalue weighted by Gasteiger charge is 1.95. The van der Waals surface area contributed by atoms with Gasteiger partial charge >= 0.3 is 5.97 Å². The van der Waals surface area contributed by atoms with Gasteiger partial charge in [-0.3, -0.25) is 4.79 Å². The fourth-order valence-electron chi connectivity index (χ4n) is 0.201. The molecule has 1 unspecified atom stereocenters. The summed E-state index contributed by atoms with van der Waals surface area (Å²) in [4.78, 5) is 10.6. The summed E-state index contributed by atoms with van der Waals surface area (Å²) in [5.74, 6) is -1.07. The van der Waals surface area contributed by atoms with Crippen molar-refractivity contribution in [1.29, 1.82) is 0 Å². The lowest BCUT2D eigenvalue weighted by atomic mass is 10.3. The largest absolute Gasteiger partial charge is 0.469 e. The van der Waals surface area contributed by atoms with Crippen LogP contribution in [0.15, 0.2) is 0 Å². The number of esters is 1. The average Bonchev–Trinajstić information content (AvgIpc) is 1.83. The number of carbonyl (C=O) groups excluding carboxylic acids is 1. The van der Waals surface area contributed by atoms with Crippen molar-refractivity contribution in [2.75, 3.05) is 13.7 Å². The molecule has 0 aliphatic rings. The molecule has 0 amide bonds. The molecule has 3 nitrogen and oxygen atoms in total. The van der Waals surface area contributed by atoms with Gasteiger partial charge in [-0.2, -0.15) is 0 Å². The maximum absolute atomic E-state index is 10.6. The molecule has 3 heteroatoms. The van der Waals surface area contributed by atoms with E-state index in [1.54, 1.807) is 0 Å². The summed E-state index contributed by atoms with van der Waals surface area (Å²) >= 11 is 0. The normalized spacial score (nSPS) is 20.0. The second kappa shape index (κ2) is 4.59. The lowest BCUT2D eigenvalue weighted by Crippen LogP contribution is -2.00. The first-order valence-corrected chi connectivity index (χ1v) is 2.09. The summed E-state index contributed by atoms with van der Waals surface area (Å²) in [7, 11) is 1.05. The number of carbonyl (C=O) groups is 1. The minimum atomic E-state index is -2.27. The highest BCUT2D eigenvalue weighted by Crippen LogP contribution is 1.87. The Hall–Kier alpha value is -0.570.